The van der Waals surface area contributed by atoms with Crippen molar-refractivity contribution in [3.63, 3.8) is 0 Å². The summed E-state index contributed by atoms with van der Waals surface area (Å²) in [6.07, 6.45) is 2.02. The number of carbonyl (C=O) groups excluding carboxylic acids is 3. The number of amides is 3. The Bertz CT molecular complexity index is 1140. The van der Waals surface area contributed by atoms with Crippen LogP contribution in [0.5, 0.6) is 0 Å². The molecule has 1 aromatic carbocycles. The average molecular weight is 443 g/mol. The van der Waals surface area contributed by atoms with Crippen molar-refractivity contribution in [2.45, 2.75) is 64.0 Å². The number of benzene rings is 1. The Balaban J connectivity index is 1.62. The summed E-state index contributed by atoms with van der Waals surface area (Å²) < 4.78 is 8.55. The highest BCUT2D eigenvalue weighted by Gasteiger charge is 2.32. The number of likely N-dealkylation sites (tertiary alicyclic amines) is 1. The highest BCUT2D eigenvalue weighted by atomic mass is 16.6. The number of hydrogen-bond donors (Lipinski definition) is 1. The first-order valence-corrected chi connectivity index (χ1v) is 11.1. The third-order valence-electron chi connectivity index (χ3n) is 6.18. The Labute approximate surface area is 186 Å². The van der Waals surface area contributed by atoms with E-state index in [1.54, 1.807) is 11.9 Å². The van der Waals surface area contributed by atoms with E-state index in [1.165, 1.54) is 9.13 Å². The summed E-state index contributed by atoms with van der Waals surface area (Å²) in [5.74, 6) is -0.622. The lowest BCUT2D eigenvalue weighted by Gasteiger charge is -2.34. The monoisotopic (exact) mass is 442 g/mol. The van der Waals surface area contributed by atoms with E-state index in [-0.39, 0.29) is 30.0 Å². The van der Waals surface area contributed by atoms with Gasteiger partial charge in [-0.25, -0.2) is 9.59 Å². The lowest BCUT2D eigenvalue weighted by molar-refractivity contribution is -0.135. The number of aryl methyl sites for hydroxylation is 1. The van der Waals surface area contributed by atoms with Crippen molar-refractivity contribution in [1.82, 2.24) is 19.4 Å². The first-order chi connectivity index (χ1) is 15.0. The molecule has 0 spiro atoms. The average Bonchev–Trinajstić information content (AvgIpc) is 2.97. The zero-order valence-corrected chi connectivity index (χ0v) is 19.0. The zero-order valence-electron chi connectivity index (χ0n) is 19.0. The van der Waals surface area contributed by atoms with E-state index in [9.17, 15) is 19.2 Å². The maximum absolute atomic E-state index is 13.0. The number of ether oxygens (including phenoxy) is 1. The van der Waals surface area contributed by atoms with Crippen LogP contribution in [-0.4, -0.2) is 50.6 Å². The Morgan fingerprint density at radius 3 is 2.56 bits per heavy atom. The predicted octanol–water partition coefficient (Wildman–Crippen LogP) is 2.43. The van der Waals surface area contributed by atoms with Crippen molar-refractivity contribution in [1.29, 1.82) is 0 Å². The van der Waals surface area contributed by atoms with Gasteiger partial charge in [-0.15, -0.1) is 0 Å². The van der Waals surface area contributed by atoms with Gasteiger partial charge in [-0.2, -0.15) is 0 Å². The molecule has 1 N–H and O–H groups in total. The fourth-order valence-electron chi connectivity index (χ4n) is 4.61. The van der Waals surface area contributed by atoms with Crippen LogP contribution < -0.4 is 11.0 Å². The van der Waals surface area contributed by atoms with Crippen molar-refractivity contribution in [3.05, 3.63) is 34.2 Å². The molecule has 2 unspecified atom stereocenters. The molecule has 0 radical (unpaired) electrons. The number of nitrogens with one attached hydrogen (secondary N) is 1. The van der Waals surface area contributed by atoms with Crippen molar-refractivity contribution in [2.24, 2.45) is 7.05 Å². The fourth-order valence-corrected chi connectivity index (χ4v) is 4.61. The van der Waals surface area contributed by atoms with Gasteiger partial charge in [0.15, 0.2) is 0 Å². The van der Waals surface area contributed by atoms with Crippen molar-refractivity contribution in [2.75, 3.05) is 13.1 Å². The van der Waals surface area contributed by atoms with Crippen LogP contribution in [0, 0.1) is 0 Å². The highest BCUT2D eigenvalue weighted by Crippen LogP contribution is 2.31. The highest BCUT2D eigenvalue weighted by molar-refractivity contribution is 6.00. The molecular weight excluding hydrogens is 412 g/mol. The molecule has 9 nitrogen and oxygen atoms in total. The molecule has 2 fully saturated rings. The molecule has 0 aliphatic carbocycles. The maximum Gasteiger partial charge on any atom is 0.410 e. The number of piperidine rings is 2. The van der Waals surface area contributed by atoms with Gasteiger partial charge in [0.05, 0.1) is 11.0 Å². The molecule has 2 aliphatic heterocycles. The second-order valence-corrected chi connectivity index (χ2v) is 9.69. The van der Waals surface area contributed by atoms with E-state index in [0.717, 1.165) is 23.9 Å². The minimum Gasteiger partial charge on any atom is -0.444 e. The molecule has 0 saturated carbocycles. The zero-order chi connectivity index (χ0) is 23.2. The second-order valence-electron chi connectivity index (χ2n) is 9.69. The lowest BCUT2D eigenvalue weighted by Crippen LogP contribution is -2.44. The smallest absolute Gasteiger partial charge is 0.410 e. The summed E-state index contributed by atoms with van der Waals surface area (Å²) in [6, 6.07) is 5.10. The van der Waals surface area contributed by atoms with Gasteiger partial charge in [0.25, 0.3) is 0 Å². The van der Waals surface area contributed by atoms with Crippen LogP contribution in [0.15, 0.2) is 23.0 Å². The van der Waals surface area contributed by atoms with Crippen LogP contribution in [0.4, 0.5) is 4.79 Å². The standard InChI is InChI=1S/C23H30N4O5/c1-23(2,3)32-22(31)26-11-5-6-15(13-26)14-7-8-16-18(12-14)25(4)21(30)27(16)17-9-10-19(28)24-20(17)29/h7-8,12,15,17H,5-6,9-11,13H2,1-4H3,(H,24,28,29). The molecule has 2 saturated heterocycles. The van der Waals surface area contributed by atoms with E-state index in [2.05, 4.69) is 5.32 Å². The first-order valence-electron chi connectivity index (χ1n) is 11.1. The molecule has 2 atom stereocenters. The lowest BCUT2D eigenvalue weighted by atomic mass is 9.90. The summed E-state index contributed by atoms with van der Waals surface area (Å²) in [5, 5.41) is 2.33. The van der Waals surface area contributed by atoms with Gasteiger partial charge in [-0.1, -0.05) is 6.07 Å². The minimum atomic E-state index is -0.702. The van der Waals surface area contributed by atoms with Gasteiger partial charge in [0.2, 0.25) is 11.8 Å². The summed E-state index contributed by atoms with van der Waals surface area (Å²) >= 11 is 0. The van der Waals surface area contributed by atoms with Gasteiger partial charge in [-0.05, 0) is 57.7 Å². The van der Waals surface area contributed by atoms with Crippen molar-refractivity contribution in [3.8, 4) is 0 Å². The van der Waals surface area contributed by atoms with Crippen LogP contribution in [-0.2, 0) is 21.4 Å². The number of imide groups is 1. The molecule has 2 aliphatic rings. The number of carbonyl (C=O) groups is 3. The largest absolute Gasteiger partial charge is 0.444 e. The Kier molecular flexibility index (Phi) is 5.60. The number of imidazole rings is 1. The third-order valence-corrected chi connectivity index (χ3v) is 6.18. The van der Waals surface area contributed by atoms with Gasteiger partial charge in [0, 0.05) is 32.5 Å². The summed E-state index contributed by atoms with van der Waals surface area (Å²) in [4.78, 5) is 51.1. The molecule has 2 aromatic rings. The van der Waals surface area contributed by atoms with Crippen LogP contribution in [0.1, 0.15) is 64.0 Å². The molecule has 172 valence electrons. The molecule has 3 amide bonds. The maximum atomic E-state index is 13.0. The van der Waals surface area contributed by atoms with Crippen LogP contribution in [0.3, 0.4) is 0 Å². The van der Waals surface area contributed by atoms with Gasteiger partial charge in [-0.3, -0.25) is 24.0 Å². The predicted molar refractivity (Wildman–Crippen MR) is 118 cm³/mol. The summed E-state index contributed by atoms with van der Waals surface area (Å²) in [6.45, 7) is 6.79. The third kappa shape index (κ3) is 4.16. The number of aromatic nitrogens is 2. The Morgan fingerprint density at radius 1 is 1.12 bits per heavy atom. The molecule has 9 heteroatoms. The van der Waals surface area contributed by atoms with Crippen LogP contribution in [0.25, 0.3) is 11.0 Å². The van der Waals surface area contributed by atoms with E-state index >= 15 is 0 Å². The fraction of sp³-hybridized carbons (Fsp3) is 0.565. The topological polar surface area (TPSA) is 103 Å². The van der Waals surface area contributed by atoms with Gasteiger partial charge < -0.3 is 9.64 Å². The number of rotatable bonds is 2. The SMILES string of the molecule is Cn1c(=O)n(C2CCC(=O)NC2=O)c2ccc(C3CCCN(C(=O)OC(C)(C)C)C3)cc21. The Morgan fingerprint density at radius 2 is 1.88 bits per heavy atom. The summed E-state index contributed by atoms with van der Waals surface area (Å²) in [5.41, 5.74) is 1.61. The molecule has 3 heterocycles. The van der Waals surface area contributed by atoms with Crippen LogP contribution in [0.2, 0.25) is 0 Å². The van der Waals surface area contributed by atoms with Crippen LogP contribution >= 0.6 is 0 Å². The number of nitrogens with zero attached hydrogens (tertiary/aromatic N) is 3. The quantitative estimate of drug-likeness (QED) is 0.720. The van der Waals surface area contributed by atoms with E-state index < -0.39 is 17.6 Å². The van der Waals surface area contributed by atoms with E-state index in [1.807, 2.05) is 39.0 Å². The summed E-state index contributed by atoms with van der Waals surface area (Å²) in [7, 11) is 1.69. The van der Waals surface area contributed by atoms with E-state index in [4.69, 9.17) is 4.74 Å². The number of hydrogen-bond acceptors (Lipinski definition) is 5. The normalized spacial score (nSPS) is 22.2. The van der Waals surface area contributed by atoms with Crippen molar-refractivity contribution < 1.29 is 19.1 Å². The Hall–Kier alpha value is -3.10. The molecule has 0 bridgehead atoms. The molecular formula is C23H30N4O5. The number of fused-ring (bicyclic) bond motifs is 1. The second kappa shape index (κ2) is 8.11. The van der Waals surface area contributed by atoms with Crippen molar-refractivity contribution >= 4 is 28.9 Å². The molecule has 4 rings (SSSR count). The van der Waals surface area contributed by atoms with Gasteiger partial charge >= 0.3 is 11.8 Å². The van der Waals surface area contributed by atoms with Gasteiger partial charge in [0.1, 0.15) is 11.6 Å². The van der Waals surface area contributed by atoms with E-state index in [0.29, 0.717) is 25.0 Å². The molecule has 1 aromatic heterocycles. The first kappa shape index (κ1) is 22.1. The minimum absolute atomic E-state index is 0.134. The molecule has 32 heavy (non-hydrogen) atoms.